The standard InChI is InChI=1S/C14H12F4N2O/c1-2-19-12-7-9(14(16,17)18)8-13(20-12)21-11-6-4-3-5-10(11)15/h3-8H,2H2,1H3,(H,19,20). The highest BCUT2D eigenvalue weighted by molar-refractivity contribution is 5.43. The van der Waals surface area contributed by atoms with Crippen LogP contribution in [0.1, 0.15) is 12.5 Å². The van der Waals surface area contributed by atoms with Gasteiger partial charge in [0.1, 0.15) is 5.82 Å². The number of hydrogen-bond donors (Lipinski definition) is 1. The van der Waals surface area contributed by atoms with Gasteiger partial charge in [-0.1, -0.05) is 12.1 Å². The fourth-order valence-corrected chi connectivity index (χ4v) is 1.63. The highest BCUT2D eigenvalue weighted by atomic mass is 19.4. The van der Waals surface area contributed by atoms with Crippen LogP contribution in [0.4, 0.5) is 23.4 Å². The Morgan fingerprint density at radius 2 is 1.90 bits per heavy atom. The quantitative estimate of drug-likeness (QED) is 0.846. The zero-order valence-electron chi connectivity index (χ0n) is 11.0. The van der Waals surface area contributed by atoms with Crippen LogP contribution in [0.3, 0.4) is 0 Å². The van der Waals surface area contributed by atoms with Gasteiger partial charge in [-0.05, 0) is 25.1 Å². The van der Waals surface area contributed by atoms with Crippen molar-refractivity contribution in [2.24, 2.45) is 0 Å². The van der Waals surface area contributed by atoms with Crippen LogP contribution in [0.25, 0.3) is 0 Å². The average molecular weight is 300 g/mol. The molecule has 0 spiro atoms. The summed E-state index contributed by atoms with van der Waals surface area (Å²) in [6.45, 7) is 2.12. The minimum Gasteiger partial charge on any atom is -0.436 e. The van der Waals surface area contributed by atoms with Crippen LogP contribution in [0.5, 0.6) is 11.6 Å². The molecule has 2 aromatic rings. The summed E-state index contributed by atoms with van der Waals surface area (Å²) in [5.74, 6) is -1.18. The Hall–Kier alpha value is -2.31. The van der Waals surface area contributed by atoms with Crippen molar-refractivity contribution in [1.82, 2.24) is 4.98 Å². The SMILES string of the molecule is CCNc1cc(C(F)(F)F)cc(Oc2ccccc2F)n1. The molecule has 1 N–H and O–H groups in total. The molecule has 0 radical (unpaired) electrons. The molecule has 0 aliphatic heterocycles. The van der Waals surface area contributed by atoms with Crippen molar-refractivity contribution in [2.45, 2.75) is 13.1 Å². The van der Waals surface area contributed by atoms with E-state index in [-0.39, 0.29) is 17.4 Å². The lowest BCUT2D eigenvalue weighted by Gasteiger charge is -2.12. The van der Waals surface area contributed by atoms with Crippen molar-refractivity contribution in [1.29, 1.82) is 0 Å². The highest BCUT2D eigenvalue weighted by Crippen LogP contribution is 2.34. The summed E-state index contributed by atoms with van der Waals surface area (Å²) in [5.41, 5.74) is -0.917. The molecule has 112 valence electrons. The highest BCUT2D eigenvalue weighted by Gasteiger charge is 2.32. The summed E-state index contributed by atoms with van der Waals surface area (Å²) in [6.07, 6.45) is -4.54. The molecule has 0 unspecified atom stereocenters. The molecule has 2 rings (SSSR count). The maximum absolute atomic E-state index is 13.5. The van der Waals surface area contributed by atoms with Gasteiger partial charge in [0.15, 0.2) is 11.6 Å². The molecule has 0 atom stereocenters. The monoisotopic (exact) mass is 300 g/mol. The molecular weight excluding hydrogens is 288 g/mol. The molecule has 0 saturated carbocycles. The maximum atomic E-state index is 13.5. The minimum atomic E-state index is -4.54. The third-order valence-electron chi connectivity index (χ3n) is 2.54. The van der Waals surface area contributed by atoms with Gasteiger partial charge in [0.05, 0.1) is 5.56 Å². The van der Waals surface area contributed by atoms with Gasteiger partial charge in [0.25, 0.3) is 0 Å². The van der Waals surface area contributed by atoms with E-state index >= 15 is 0 Å². The van der Waals surface area contributed by atoms with Gasteiger partial charge in [-0.15, -0.1) is 0 Å². The zero-order valence-corrected chi connectivity index (χ0v) is 11.0. The topological polar surface area (TPSA) is 34.1 Å². The van der Waals surface area contributed by atoms with Crippen molar-refractivity contribution in [3.63, 3.8) is 0 Å². The smallest absolute Gasteiger partial charge is 0.416 e. The Bertz CT molecular complexity index is 629. The van der Waals surface area contributed by atoms with Gasteiger partial charge in [0.2, 0.25) is 5.88 Å². The molecule has 0 aliphatic carbocycles. The van der Waals surface area contributed by atoms with Gasteiger partial charge in [-0.2, -0.15) is 18.2 Å². The molecule has 1 heterocycles. The van der Waals surface area contributed by atoms with E-state index in [9.17, 15) is 17.6 Å². The Morgan fingerprint density at radius 3 is 2.52 bits per heavy atom. The maximum Gasteiger partial charge on any atom is 0.416 e. The number of halogens is 4. The van der Waals surface area contributed by atoms with Crippen LogP contribution < -0.4 is 10.1 Å². The summed E-state index contributed by atoms with van der Waals surface area (Å²) in [6, 6.07) is 7.02. The minimum absolute atomic E-state index is 0.0127. The van der Waals surface area contributed by atoms with Crippen molar-refractivity contribution in [2.75, 3.05) is 11.9 Å². The van der Waals surface area contributed by atoms with Crippen molar-refractivity contribution in [3.8, 4) is 11.6 Å². The van der Waals surface area contributed by atoms with Crippen LogP contribution in [0.15, 0.2) is 36.4 Å². The number of aromatic nitrogens is 1. The third-order valence-corrected chi connectivity index (χ3v) is 2.54. The van der Waals surface area contributed by atoms with E-state index in [1.54, 1.807) is 6.92 Å². The average Bonchev–Trinajstić information content (AvgIpc) is 2.41. The molecule has 3 nitrogen and oxygen atoms in total. The number of alkyl halides is 3. The molecule has 0 aliphatic rings. The van der Waals surface area contributed by atoms with E-state index in [0.717, 1.165) is 18.2 Å². The Labute approximate surface area is 118 Å². The Morgan fingerprint density at radius 1 is 1.19 bits per heavy atom. The third kappa shape index (κ3) is 3.84. The zero-order chi connectivity index (χ0) is 15.5. The van der Waals surface area contributed by atoms with E-state index in [1.807, 2.05) is 0 Å². The first-order valence-corrected chi connectivity index (χ1v) is 6.15. The number of pyridine rings is 1. The predicted octanol–water partition coefficient (Wildman–Crippen LogP) is 4.46. The molecule has 0 saturated heterocycles. The van der Waals surface area contributed by atoms with Crippen LogP contribution in [0.2, 0.25) is 0 Å². The lowest BCUT2D eigenvalue weighted by molar-refractivity contribution is -0.137. The molecule has 0 fully saturated rings. The molecule has 0 amide bonds. The van der Waals surface area contributed by atoms with E-state index < -0.39 is 17.6 Å². The Kier molecular flexibility index (Phi) is 4.30. The first-order chi connectivity index (χ1) is 9.90. The number of nitrogens with zero attached hydrogens (tertiary/aromatic N) is 1. The second kappa shape index (κ2) is 5.99. The van der Waals surface area contributed by atoms with Crippen molar-refractivity contribution in [3.05, 3.63) is 47.8 Å². The predicted molar refractivity (Wildman–Crippen MR) is 69.9 cm³/mol. The summed E-state index contributed by atoms with van der Waals surface area (Å²) in [7, 11) is 0. The fraction of sp³-hybridized carbons (Fsp3) is 0.214. The van der Waals surface area contributed by atoms with E-state index in [0.29, 0.717) is 6.54 Å². The van der Waals surface area contributed by atoms with Gasteiger partial charge >= 0.3 is 6.18 Å². The molecular formula is C14H12F4N2O. The number of nitrogens with one attached hydrogen (secondary N) is 1. The fourth-order valence-electron chi connectivity index (χ4n) is 1.63. The normalized spacial score (nSPS) is 11.3. The largest absolute Gasteiger partial charge is 0.436 e. The number of hydrogen-bond acceptors (Lipinski definition) is 3. The number of para-hydroxylation sites is 1. The first kappa shape index (κ1) is 15.1. The number of ether oxygens (including phenoxy) is 1. The number of anilines is 1. The van der Waals surface area contributed by atoms with E-state index in [2.05, 4.69) is 10.3 Å². The molecule has 0 bridgehead atoms. The molecule has 1 aromatic carbocycles. The van der Waals surface area contributed by atoms with Crippen LogP contribution >= 0.6 is 0 Å². The Balaban J connectivity index is 2.38. The van der Waals surface area contributed by atoms with Crippen LogP contribution in [0, 0.1) is 5.82 Å². The van der Waals surface area contributed by atoms with Crippen molar-refractivity contribution < 1.29 is 22.3 Å². The number of rotatable bonds is 4. The molecule has 21 heavy (non-hydrogen) atoms. The van der Waals surface area contributed by atoms with Crippen molar-refractivity contribution >= 4 is 5.82 Å². The second-order valence-corrected chi connectivity index (χ2v) is 4.14. The van der Waals surface area contributed by atoms with Crippen LogP contribution in [-0.4, -0.2) is 11.5 Å². The summed E-state index contributed by atoms with van der Waals surface area (Å²) in [4.78, 5) is 3.87. The van der Waals surface area contributed by atoms with Gasteiger partial charge in [-0.25, -0.2) is 4.39 Å². The lowest BCUT2D eigenvalue weighted by atomic mass is 10.2. The summed E-state index contributed by atoms with van der Waals surface area (Å²) < 4.78 is 57.0. The van der Waals surface area contributed by atoms with E-state index in [4.69, 9.17) is 4.74 Å². The molecule has 1 aromatic heterocycles. The van der Waals surface area contributed by atoms with E-state index in [1.165, 1.54) is 18.2 Å². The number of benzene rings is 1. The van der Waals surface area contributed by atoms with Gasteiger partial charge in [-0.3, -0.25) is 0 Å². The summed E-state index contributed by atoms with van der Waals surface area (Å²) >= 11 is 0. The van der Waals surface area contributed by atoms with Crippen LogP contribution in [-0.2, 0) is 6.18 Å². The first-order valence-electron chi connectivity index (χ1n) is 6.15. The second-order valence-electron chi connectivity index (χ2n) is 4.14. The lowest BCUT2D eigenvalue weighted by Crippen LogP contribution is -2.08. The molecule has 7 heteroatoms. The van der Waals surface area contributed by atoms with Gasteiger partial charge < -0.3 is 10.1 Å². The van der Waals surface area contributed by atoms with Gasteiger partial charge in [0, 0.05) is 12.6 Å². The summed E-state index contributed by atoms with van der Waals surface area (Å²) in [5, 5.41) is 2.68.